The molecule has 0 unspecified atom stereocenters. The Balaban J connectivity index is 1.56. The van der Waals surface area contributed by atoms with Crippen LogP contribution in [0.2, 0.25) is 5.02 Å². The molecular weight excluding hydrogens is 650 g/mol. The van der Waals surface area contributed by atoms with Gasteiger partial charge in [-0.25, -0.2) is 23.5 Å². The van der Waals surface area contributed by atoms with Crippen LogP contribution >= 0.6 is 11.6 Å². The zero-order valence-corrected chi connectivity index (χ0v) is 25.8. The standard InChI is InChI=1S/C29H30ClF4N9O4/c1-28(2,35)9-7-21(44)25-38-23(39-43(25)20-12-36-10-8-17(20)26(46)37-19-11-18(19)31)14-42-27(47)41(13-22(45)29(32,33)34)24(40-42)15-3-5-16(30)6-4-15/h3-6,8,10,12,18-19,22,45H,7,9,11,13-14,35H2,1-2H3,(H,37,46)/t18-,19+,22-/m0/s1. The Bertz CT molecular complexity index is 1850. The molecule has 0 aliphatic heterocycles. The van der Waals surface area contributed by atoms with E-state index in [-0.39, 0.29) is 53.5 Å². The zero-order chi connectivity index (χ0) is 34.3. The molecule has 1 aliphatic carbocycles. The van der Waals surface area contributed by atoms with Gasteiger partial charge in [0.25, 0.3) is 5.91 Å². The highest BCUT2D eigenvalue weighted by molar-refractivity contribution is 6.30. The van der Waals surface area contributed by atoms with Gasteiger partial charge in [-0.2, -0.15) is 13.2 Å². The van der Waals surface area contributed by atoms with Crippen molar-refractivity contribution in [1.29, 1.82) is 0 Å². The Labute approximate surface area is 269 Å². The first kappa shape index (κ1) is 33.9. The van der Waals surface area contributed by atoms with E-state index in [1.54, 1.807) is 13.8 Å². The highest BCUT2D eigenvalue weighted by Crippen LogP contribution is 2.27. The second kappa shape index (κ2) is 13.0. The molecule has 1 saturated carbocycles. The quantitative estimate of drug-likeness (QED) is 0.150. The summed E-state index contributed by atoms with van der Waals surface area (Å²) >= 11 is 5.95. The molecule has 3 aromatic heterocycles. The Hall–Kier alpha value is -4.48. The highest BCUT2D eigenvalue weighted by atomic mass is 35.5. The maximum atomic E-state index is 13.5. The molecule has 47 heavy (non-hydrogen) atoms. The summed E-state index contributed by atoms with van der Waals surface area (Å²) in [5.41, 5.74) is 4.59. The maximum absolute atomic E-state index is 13.5. The van der Waals surface area contributed by atoms with E-state index in [1.807, 2.05) is 0 Å². The lowest BCUT2D eigenvalue weighted by atomic mass is 9.98. The van der Waals surface area contributed by atoms with Crippen LogP contribution in [0.25, 0.3) is 17.1 Å². The molecule has 0 saturated heterocycles. The minimum atomic E-state index is -5.02. The normalized spacial score (nSPS) is 17.0. The molecule has 1 amide bonds. The van der Waals surface area contributed by atoms with Crippen LogP contribution in [0.4, 0.5) is 17.6 Å². The number of hydrogen-bond acceptors (Lipinski definition) is 9. The first-order valence-electron chi connectivity index (χ1n) is 14.4. The molecule has 0 bridgehead atoms. The molecule has 4 aromatic rings. The lowest BCUT2D eigenvalue weighted by molar-refractivity contribution is -0.207. The van der Waals surface area contributed by atoms with Crippen LogP contribution in [0.5, 0.6) is 0 Å². The molecule has 1 fully saturated rings. The first-order chi connectivity index (χ1) is 22.0. The van der Waals surface area contributed by atoms with Gasteiger partial charge in [0, 0.05) is 35.2 Å². The Kier molecular flexibility index (Phi) is 9.34. The summed E-state index contributed by atoms with van der Waals surface area (Å²) in [5.74, 6) is -1.76. The second-order valence-electron chi connectivity index (χ2n) is 11.8. The molecule has 5 rings (SSSR count). The van der Waals surface area contributed by atoms with Crippen molar-refractivity contribution in [1.82, 2.24) is 39.4 Å². The Morgan fingerprint density at radius 1 is 1.17 bits per heavy atom. The van der Waals surface area contributed by atoms with Gasteiger partial charge in [-0.05, 0) is 50.6 Å². The number of alkyl halides is 4. The van der Waals surface area contributed by atoms with E-state index in [0.29, 0.717) is 9.59 Å². The van der Waals surface area contributed by atoms with Gasteiger partial charge in [0.15, 0.2) is 29.4 Å². The van der Waals surface area contributed by atoms with Crippen LogP contribution in [0, 0.1) is 0 Å². The minimum Gasteiger partial charge on any atom is -0.382 e. The third kappa shape index (κ3) is 7.91. The first-order valence-corrected chi connectivity index (χ1v) is 14.8. The third-order valence-electron chi connectivity index (χ3n) is 7.25. The summed E-state index contributed by atoms with van der Waals surface area (Å²) in [4.78, 5) is 48.2. The number of carbonyl (C=O) groups is 2. The molecule has 1 aromatic carbocycles. The number of nitrogens with zero attached hydrogens (tertiary/aromatic N) is 7. The Morgan fingerprint density at radius 3 is 2.47 bits per heavy atom. The van der Waals surface area contributed by atoms with Gasteiger partial charge < -0.3 is 16.2 Å². The number of carbonyl (C=O) groups excluding carboxylic acids is 2. The molecule has 1 aliphatic rings. The van der Waals surface area contributed by atoms with E-state index in [2.05, 4.69) is 25.5 Å². The maximum Gasteiger partial charge on any atom is 0.416 e. The van der Waals surface area contributed by atoms with Gasteiger partial charge in [0.05, 0.1) is 30.0 Å². The summed E-state index contributed by atoms with van der Waals surface area (Å²) in [6, 6.07) is 6.48. The number of halogens is 5. The fourth-order valence-corrected chi connectivity index (χ4v) is 4.68. The number of pyridine rings is 1. The van der Waals surface area contributed by atoms with Gasteiger partial charge in [-0.1, -0.05) is 11.6 Å². The van der Waals surface area contributed by atoms with Crippen molar-refractivity contribution in [3.63, 3.8) is 0 Å². The van der Waals surface area contributed by atoms with Crippen molar-refractivity contribution in [2.45, 2.75) is 76.2 Å². The van der Waals surface area contributed by atoms with E-state index >= 15 is 0 Å². The molecule has 18 heteroatoms. The molecule has 3 atom stereocenters. The number of rotatable bonds is 12. The fraction of sp³-hybridized carbons (Fsp3) is 0.414. The van der Waals surface area contributed by atoms with E-state index in [9.17, 15) is 37.1 Å². The predicted octanol–water partition coefficient (Wildman–Crippen LogP) is 2.85. The van der Waals surface area contributed by atoms with Crippen molar-refractivity contribution in [2.24, 2.45) is 5.73 Å². The average molecular weight is 680 g/mol. The molecule has 13 nitrogen and oxygen atoms in total. The largest absolute Gasteiger partial charge is 0.416 e. The van der Waals surface area contributed by atoms with Crippen LogP contribution < -0.4 is 16.7 Å². The predicted molar refractivity (Wildman–Crippen MR) is 160 cm³/mol. The van der Waals surface area contributed by atoms with Crippen LogP contribution in [-0.2, 0) is 13.1 Å². The summed E-state index contributed by atoms with van der Waals surface area (Å²) in [6.45, 7) is 1.78. The average Bonchev–Trinajstić information content (AvgIpc) is 3.39. The van der Waals surface area contributed by atoms with Gasteiger partial charge >= 0.3 is 11.9 Å². The highest BCUT2D eigenvalue weighted by Gasteiger charge is 2.40. The lowest BCUT2D eigenvalue weighted by Crippen LogP contribution is -2.37. The van der Waals surface area contributed by atoms with Crippen molar-refractivity contribution < 1.29 is 32.3 Å². The SMILES string of the molecule is CC(C)(N)CCC(=O)c1nc(Cn2nc(-c3ccc(Cl)cc3)n(C[C@H](O)C(F)(F)F)c2=O)nn1-c1cnccc1C(=O)N[C@@H]1C[C@@H]1F. The Morgan fingerprint density at radius 2 is 1.85 bits per heavy atom. The van der Waals surface area contributed by atoms with Crippen molar-refractivity contribution in [3.05, 3.63) is 75.4 Å². The number of Topliss-reactive ketones (excluding diaryl/α,β-unsaturated/α-hetero) is 1. The minimum absolute atomic E-state index is 0.0105. The number of aliphatic hydroxyl groups is 1. The monoisotopic (exact) mass is 679 g/mol. The van der Waals surface area contributed by atoms with Crippen molar-refractivity contribution in [3.8, 4) is 17.1 Å². The second-order valence-corrected chi connectivity index (χ2v) is 12.3. The number of aliphatic hydroxyl groups excluding tert-OH is 1. The smallest absolute Gasteiger partial charge is 0.382 e. The van der Waals surface area contributed by atoms with Crippen molar-refractivity contribution >= 4 is 23.3 Å². The van der Waals surface area contributed by atoms with Gasteiger partial charge in [-0.3, -0.25) is 19.1 Å². The summed E-state index contributed by atoms with van der Waals surface area (Å²) in [6.07, 6.45) is -6.14. The molecule has 4 N–H and O–H groups in total. The number of benzene rings is 1. The van der Waals surface area contributed by atoms with E-state index in [4.69, 9.17) is 17.3 Å². The van der Waals surface area contributed by atoms with Crippen LogP contribution in [0.1, 0.15) is 59.9 Å². The van der Waals surface area contributed by atoms with E-state index in [0.717, 1.165) is 9.36 Å². The fourth-order valence-electron chi connectivity index (χ4n) is 4.56. The molecule has 0 spiro atoms. The van der Waals surface area contributed by atoms with E-state index < -0.39 is 60.5 Å². The number of nitrogens with one attached hydrogen (secondary N) is 1. The summed E-state index contributed by atoms with van der Waals surface area (Å²) < 4.78 is 55.9. The van der Waals surface area contributed by atoms with Gasteiger partial charge in [0.2, 0.25) is 0 Å². The topological polar surface area (TPSA) is 176 Å². The summed E-state index contributed by atoms with van der Waals surface area (Å²) in [7, 11) is 0. The lowest BCUT2D eigenvalue weighted by Gasteiger charge is -2.17. The number of aromatic nitrogens is 7. The summed E-state index contributed by atoms with van der Waals surface area (Å²) in [5, 5.41) is 21.2. The van der Waals surface area contributed by atoms with Crippen LogP contribution in [0.3, 0.4) is 0 Å². The zero-order valence-electron chi connectivity index (χ0n) is 25.1. The number of nitrogens with two attached hydrogens (primary N) is 1. The van der Waals surface area contributed by atoms with Crippen LogP contribution in [-0.4, -0.2) is 80.9 Å². The van der Waals surface area contributed by atoms with E-state index in [1.165, 1.54) is 42.7 Å². The van der Waals surface area contributed by atoms with Crippen molar-refractivity contribution in [2.75, 3.05) is 0 Å². The number of hydrogen-bond donors (Lipinski definition) is 3. The molecule has 0 radical (unpaired) electrons. The molecule has 3 heterocycles. The number of amides is 1. The number of ketones is 1. The molecule has 250 valence electrons. The molecular formula is C29H30ClF4N9O4. The van der Waals surface area contributed by atoms with Gasteiger partial charge in [0.1, 0.15) is 12.7 Å². The third-order valence-corrected chi connectivity index (χ3v) is 7.50. The van der Waals surface area contributed by atoms with Gasteiger partial charge in [-0.15, -0.1) is 10.2 Å². The van der Waals surface area contributed by atoms with Crippen LogP contribution in [0.15, 0.2) is 47.5 Å².